The van der Waals surface area contributed by atoms with Gasteiger partial charge in [0.15, 0.2) is 0 Å². The lowest BCUT2D eigenvalue weighted by Gasteiger charge is -2.26. The summed E-state index contributed by atoms with van der Waals surface area (Å²) in [7, 11) is 0. The van der Waals surface area contributed by atoms with E-state index in [1.54, 1.807) is 0 Å². The second-order valence-corrected chi connectivity index (χ2v) is 6.43. The molecule has 0 amide bonds. The Balaban J connectivity index is 2.07. The summed E-state index contributed by atoms with van der Waals surface area (Å²) < 4.78 is 1.22. The van der Waals surface area contributed by atoms with E-state index in [1.165, 1.54) is 3.57 Å². The number of ketones is 1. The minimum atomic E-state index is -0.0995. The van der Waals surface area contributed by atoms with E-state index in [2.05, 4.69) is 59.1 Å². The van der Waals surface area contributed by atoms with Gasteiger partial charge in [-0.3, -0.25) is 4.79 Å². The van der Waals surface area contributed by atoms with Crippen molar-refractivity contribution in [3.05, 3.63) is 33.4 Å². The molecule has 0 bridgehead atoms. The van der Waals surface area contributed by atoms with Gasteiger partial charge in [0, 0.05) is 22.0 Å². The van der Waals surface area contributed by atoms with Gasteiger partial charge < -0.3 is 5.32 Å². The Morgan fingerprint density at radius 1 is 1.39 bits per heavy atom. The smallest absolute Gasteiger partial charge is 0.144 e. The Hall–Kier alpha value is -0.420. The molecule has 0 aromatic heterocycles. The lowest BCUT2D eigenvalue weighted by Crippen LogP contribution is -2.34. The molecule has 2 rings (SSSR count). The lowest BCUT2D eigenvalue weighted by molar-refractivity contribution is -0.127. The Morgan fingerprint density at radius 3 is 2.67 bits per heavy atom. The molecule has 1 aliphatic rings. The second kappa shape index (κ2) is 6.15. The topological polar surface area (TPSA) is 29.1 Å². The maximum atomic E-state index is 12.6. The van der Waals surface area contributed by atoms with Gasteiger partial charge >= 0.3 is 0 Å². The highest BCUT2D eigenvalue weighted by molar-refractivity contribution is 14.1. The Labute approximate surface area is 123 Å². The first kappa shape index (κ1) is 14.0. The van der Waals surface area contributed by atoms with Crippen LogP contribution in [0.5, 0.6) is 0 Å². The summed E-state index contributed by atoms with van der Waals surface area (Å²) in [5.74, 6) is 0.413. The predicted octanol–water partition coefficient (Wildman–Crippen LogP) is 3.18. The van der Waals surface area contributed by atoms with E-state index in [0.29, 0.717) is 12.2 Å². The molecule has 1 N–H and O–H groups in total. The standard InChI is InChI=1S/C15H20INO/c1-2-7-15(8-9-17-11-15)14(18)10-12-3-5-13(16)6-4-12/h3-6,17H,2,7-11H2,1H3. The van der Waals surface area contributed by atoms with Crippen LogP contribution in [0.25, 0.3) is 0 Å². The summed E-state index contributed by atoms with van der Waals surface area (Å²) in [5.41, 5.74) is 1.04. The quantitative estimate of drug-likeness (QED) is 0.821. The monoisotopic (exact) mass is 357 g/mol. The average Bonchev–Trinajstić information content (AvgIpc) is 2.82. The largest absolute Gasteiger partial charge is 0.316 e. The molecule has 1 unspecified atom stereocenters. The number of hydrogen-bond acceptors (Lipinski definition) is 2. The van der Waals surface area contributed by atoms with E-state index >= 15 is 0 Å². The maximum Gasteiger partial charge on any atom is 0.144 e. The van der Waals surface area contributed by atoms with Crippen LogP contribution in [-0.2, 0) is 11.2 Å². The second-order valence-electron chi connectivity index (χ2n) is 5.18. The first-order valence-electron chi connectivity index (χ1n) is 6.65. The van der Waals surface area contributed by atoms with Gasteiger partial charge in [-0.2, -0.15) is 0 Å². The fourth-order valence-corrected chi connectivity index (χ4v) is 3.15. The van der Waals surface area contributed by atoms with Crippen LogP contribution in [0.4, 0.5) is 0 Å². The molecule has 1 heterocycles. The molecule has 0 spiro atoms. The molecule has 1 aromatic carbocycles. The molecule has 1 aromatic rings. The lowest BCUT2D eigenvalue weighted by atomic mass is 9.76. The van der Waals surface area contributed by atoms with Crippen molar-refractivity contribution in [3.8, 4) is 0 Å². The number of Topliss-reactive ketones (excluding diaryl/α,β-unsaturated/α-hetero) is 1. The van der Waals surface area contributed by atoms with Gasteiger partial charge in [0.25, 0.3) is 0 Å². The van der Waals surface area contributed by atoms with Gasteiger partial charge in [-0.15, -0.1) is 0 Å². The Bertz CT molecular complexity index is 407. The highest BCUT2D eigenvalue weighted by Gasteiger charge is 2.39. The average molecular weight is 357 g/mol. The molecule has 0 saturated carbocycles. The van der Waals surface area contributed by atoms with Crippen molar-refractivity contribution in [1.29, 1.82) is 0 Å². The van der Waals surface area contributed by atoms with Crippen molar-refractivity contribution in [3.63, 3.8) is 0 Å². The molecule has 0 aliphatic carbocycles. The van der Waals surface area contributed by atoms with Gasteiger partial charge in [-0.1, -0.05) is 25.5 Å². The van der Waals surface area contributed by atoms with Crippen molar-refractivity contribution in [2.75, 3.05) is 13.1 Å². The number of rotatable bonds is 5. The summed E-state index contributed by atoms with van der Waals surface area (Å²) in [6.07, 6.45) is 3.69. The van der Waals surface area contributed by atoms with Crippen LogP contribution in [0.1, 0.15) is 31.7 Å². The van der Waals surface area contributed by atoms with Crippen molar-refractivity contribution in [2.45, 2.75) is 32.6 Å². The normalized spacial score (nSPS) is 23.2. The molecule has 98 valence electrons. The molecule has 1 aliphatic heterocycles. The van der Waals surface area contributed by atoms with E-state index in [9.17, 15) is 4.79 Å². The van der Waals surface area contributed by atoms with Crippen LogP contribution >= 0.6 is 22.6 Å². The van der Waals surface area contributed by atoms with Gasteiger partial charge in [-0.25, -0.2) is 0 Å². The molecular weight excluding hydrogens is 337 g/mol. The van der Waals surface area contributed by atoms with Crippen LogP contribution in [-0.4, -0.2) is 18.9 Å². The third-order valence-corrected chi connectivity index (χ3v) is 4.56. The number of halogens is 1. The number of hydrogen-bond donors (Lipinski definition) is 1. The van der Waals surface area contributed by atoms with Gasteiger partial charge in [-0.05, 0) is 59.7 Å². The van der Waals surface area contributed by atoms with Crippen LogP contribution in [0.2, 0.25) is 0 Å². The zero-order valence-electron chi connectivity index (χ0n) is 10.8. The van der Waals surface area contributed by atoms with Crippen molar-refractivity contribution in [2.24, 2.45) is 5.41 Å². The zero-order chi connectivity index (χ0) is 13.0. The molecule has 1 atom stereocenters. The molecule has 1 fully saturated rings. The summed E-state index contributed by atoms with van der Waals surface area (Å²) in [5, 5.41) is 3.35. The van der Waals surface area contributed by atoms with Crippen molar-refractivity contribution < 1.29 is 4.79 Å². The summed E-state index contributed by atoms with van der Waals surface area (Å²) >= 11 is 2.29. The number of benzene rings is 1. The van der Waals surface area contributed by atoms with E-state index in [1.807, 2.05) is 0 Å². The summed E-state index contributed by atoms with van der Waals surface area (Å²) in [6, 6.07) is 8.29. The third kappa shape index (κ3) is 3.12. The zero-order valence-corrected chi connectivity index (χ0v) is 13.0. The van der Waals surface area contributed by atoms with E-state index in [0.717, 1.165) is 37.9 Å². The minimum absolute atomic E-state index is 0.0995. The van der Waals surface area contributed by atoms with Crippen LogP contribution in [0.15, 0.2) is 24.3 Å². The molecule has 1 saturated heterocycles. The van der Waals surface area contributed by atoms with E-state index < -0.39 is 0 Å². The molecule has 0 radical (unpaired) electrons. The first-order valence-corrected chi connectivity index (χ1v) is 7.73. The Kier molecular flexibility index (Phi) is 4.78. The number of carbonyl (C=O) groups excluding carboxylic acids is 1. The van der Waals surface area contributed by atoms with Crippen LogP contribution < -0.4 is 5.32 Å². The summed E-state index contributed by atoms with van der Waals surface area (Å²) in [6.45, 7) is 4.01. The maximum absolute atomic E-state index is 12.6. The van der Waals surface area contributed by atoms with E-state index in [-0.39, 0.29) is 5.41 Å². The van der Waals surface area contributed by atoms with Crippen molar-refractivity contribution >= 4 is 28.4 Å². The fourth-order valence-electron chi connectivity index (χ4n) is 2.79. The Morgan fingerprint density at radius 2 is 2.11 bits per heavy atom. The molecular formula is C15H20INO. The van der Waals surface area contributed by atoms with Crippen LogP contribution in [0.3, 0.4) is 0 Å². The predicted molar refractivity (Wildman–Crippen MR) is 82.7 cm³/mol. The highest BCUT2D eigenvalue weighted by atomic mass is 127. The van der Waals surface area contributed by atoms with Gasteiger partial charge in [0.05, 0.1) is 0 Å². The SMILES string of the molecule is CCCC1(C(=O)Cc2ccc(I)cc2)CCNC1. The molecule has 18 heavy (non-hydrogen) atoms. The number of carbonyl (C=O) groups is 1. The van der Waals surface area contributed by atoms with Crippen molar-refractivity contribution in [1.82, 2.24) is 5.32 Å². The molecule has 3 heteroatoms. The minimum Gasteiger partial charge on any atom is -0.316 e. The van der Waals surface area contributed by atoms with Crippen LogP contribution in [0, 0.1) is 8.99 Å². The number of nitrogens with one attached hydrogen (secondary N) is 1. The van der Waals surface area contributed by atoms with E-state index in [4.69, 9.17) is 0 Å². The van der Waals surface area contributed by atoms with Gasteiger partial charge in [0.2, 0.25) is 0 Å². The first-order chi connectivity index (χ1) is 8.66. The fraction of sp³-hybridized carbons (Fsp3) is 0.533. The third-order valence-electron chi connectivity index (χ3n) is 3.84. The highest BCUT2D eigenvalue weighted by Crippen LogP contribution is 2.33. The van der Waals surface area contributed by atoms with Gasteiger partial charge in [0.1, 0.15) is 5.78 Å². The summed E-state index contributed by atoms with van der Waals surface area (Å²) in [4.78, 5) is 12.6. The molecule has 2 nitrogen and oxygen atoms in total.